The molecule has 0 aromatic carbocycles. The molecule has 1 heterocycles. The Morgan fingerprint density at radius 1 is 1.30 bits per heavy atom. The van der Waals surface area contributed by atoms with Gasteiger partial charge in [-0.05, 0) is 31.6 Å². The molecule has 1 aromatic heterocycles. The van der Waals surface area contributed by atoms with E-state index in [1.54, 1.807) is 0 Å². The summed E-state index contributed by atoms with van der Waals surface area (Å²) in [6.07, 6.45) is 6.72. The summed E-state index contributed by atoms with van der Waals surface area (Å²) in [5.41, 5.74) is 1.33. The van der Waals surface area contributed by atoms with Gasteiger partial charge in [0, 0.05) is 12.5 Å². The van der Waals surface area contributed by atoms with Crippen molar-refractivity contribution in [3.05, 3.63) is 17.5 Å². The number of carbonyl (C=O) groups is 1. The van der Waals surface area contributed by atoms with Crippen molar-refractivity contribution in [3.63, 3.8) is 0 Å². The smallest absolute Gasteiger partial charge is 0.268 e. The fraction of sp³-hybridized carbons (Fsp3) is 0.750. The zero-order chi connectivity index (χ0) is 16.6. The second-order valence-electron chi connectivity index (χ2n) is 7.18. The van der Waals surface area contributed by atoms with E-state index in [1.165, 1.54) is 6.20 Å². The molecule has 0 aliphatic heterocycles. The van der Waals surface area contributed by atoms with Crippen molar-refractivity contribution < 1.29 is 13.2 Å². The highest BCUT2D eigenvalue weighted by Crippen LogP contribution is 2.42. The van der Waals surface area contributed by atoms with Crippen LogP contribution in [0.1, 0.15) is 74.3 Å². The quantitative estimate of drug-likeness (QED) is 0.863. The normalized spacial score (nSPS) is 19.4. The van der Waals surface area contributed by atoms with Gasteiger partial charge in [-0.3, -0.25) is 9.48 Å². The van der Waals surface area contributed by atoms with Crippen LogP contribution >= 0.6 is 0 Å². The summed E-state index contributed by atoms with van der Waals surface area (Å²) in [5.74, 6) is 0.241. The van der Waals surface area contributed by atoms with Gasteiger partial charge in [0.05, 0.1) is 22.7 Å². The van der Waals surface area contributed by atoms with Crippen LogP contribution in [0.4, 0.5) is 0 Å². The summed E-state index contributed by atoms with van der Waals surface area (Å²) in [7, 11) is -3.58. The van der Waals surface area contributed by atoms with Crippen LogP contribution in [-0.4, -0.2) is 29.4 Å². The molecule has 128 valence electrons. The van der Waals surface area contributed by atoms with E-state index in [2.05, 4.69) is 23.7 Å². The molecule has 0 saturated heterocycles. The SMILES string of the molecule is CC(C)Cn1ncc(C(=O)NS(=O)(=O)C2CCCC2)c1C1CC1. The Bertz CT molecular complexity index is 683. The van der Waals surface area contributed by atoms with Crippen LogP contribution in [0.3, 0.4) is 0 Å². The number of amides is 1. The molecule has 6 nitrogen and oxygen atoms in total. The zero-order valence-corrected chi connectivity index (χ0v) is 14.6. The molecule has 0 atom stereocenters. The Morgan fingerprint density at radius 3 is 2.52 bits per heavy atom. The molecule has 1 aromatic rings. The highest BCUT2D eigenvalue weighted by atomic mass is 32.2. The minimum absolute atomic E-state index is 0.339. The third kappa shape index (κ3) is 3.59. The number of aromatic nitrogens is 2. The zero-order valence-electron chi connectivity index (χ0n) is 13.8. The first-order valence-corrected chi connectivity index (χ1v) is 10.0. The van der Waals surface area contributed by atoms with E-state index in [4.69, 9.17) is 0 Å². The third-order valence-electron chi connectivity index (χ3n) is 4.60. The van der Waals surface area contributed by atoms with Gasteiger partial charge in [-0.2, -0.15) is 5.10 Å². The minimum atomic E-state index is -3.58. The highest BCUT2D eigenvalue weighted by Gasteiger charge is 2.35. The Balaban J connectivity index is 1.80. The lowest BCUT2D eigenvalue weighted by molar-refractivity contribution is 0.0980. The van der Waals surface area contributed by atoms with Gasteiger partial charge in [-0.15, -0.1) is 0 Å². The van der Waals surface area contributed by atoms with E-state index in [1.807, 2.05) is 4.68 Å². The lowest BCUT2D eigenvalue weighted by atomic mass is 10.1. The fourth-order valence-corrected chi connectivity index (χ4v) is 4.80. The van der Waals surface area contributed by atoms with E-state index in [-0.39, 0.29) is 0 Å². The Morgan fingerprint density at radius 2 is 1.96 bits per heavy atom. The number of rotatable bonds is 6. The Hall–Kier alpha value is -1.37. The van der Waals surface area contributed by atoms with Crippen LogP contribution in [0.2, 0.25) is 0 Å². The van der Waals surface area contributed by atoms with Crippen molar-refractivity contribution in [2.45, 2.75) is 70.1 Å². The first-order valence-electron chi connectivity index (χ1n) is 8.50. The summed E-state index contributed by atoms with van der Waals surface area (Å²) in [6, 6.07) is 0. The Labute approximate surface area is 137 Å². The summed E-state index contributed by atoms with van der Waals surface area (Å²) < 4.78 is 28.8. The predicted octanol–water partition coefficient (Wildman–Crippen LogP) is 2.42. The lowest BCUT2D eigenvalue weighted by Gasteiger charge is -2.13. The van der Waals surface area contributed by atoms with Crippen LogP contribution in [0.15, 0.2) is 6.20 Å². The van der Waals surface area contributed by atoms with Gasteiger partial charge in [0.1, 0.15) is 0 Å². The van der Waals surface area contributed by atoms with Crippen molar-refractivity contribution in [2.24, 2.45) is 5.92 Å². The topological polar surface area (TPSA) is 81.1 Å². The van der Waals surface area contributed by atoms with Crippen molar-refractivity contribution >= 4 is 15.9 Å². The summed E-state index contributed by atoms with van der Waals surface area (Å²) in [4.78, 5) is 12.5. The third-order valence-corrected chi connectivity index (χ3v) is 6.42. The van der Waals surface area contributed by atoms with Gasteiger partial charge in [0.2, 0.25) is 10.0 Å². The first kappa shape index (κ1) is 16.5. The maximum absolute atomic E-state index is 12.5. The van der Waals surface area contributed by atoms with E-state index < -0.39 is 21.2 Å². The molecule has 0 unspecified atom stereocenters. The average Bonchev–Trinajstić information content (AvgIpc) is 2.99. The summed E-state index contributed by atoms with van der Waals surface area (Å²) in [6.45, 7) is 4.94. The van der Waals surface area contributed by atoms with E-state index in [0.29, 0.717) is 30.2 Å². The van der Waals surface area contributed by atoms with Gasteiger partial charge in [0.15, 0.2) is 0 Å². The van der Waals surface area contributed by atoms with Crippen molar-refractivity contribution in [1.29, 1.82) is 0 Å². The van der Waals surface area contributed by atoms with E-state index in [9.17, 15) is 13.2 Å². The number of carbonyl (C=O) groups excluding carboxylic acids is 1. The molecule has 1 N–H and O–H groups in total. The van der Waals surface area contributed by atoms with Gasteiger partial charge in [0.25, 0.3) is 5.91 Å². The van der Waals surface area contributed by atoms with Crippen LogP contribution in [-0.2, 0) is 16.6 Å². The van der Waals surface area contributed by atoms with Crippen LogP contribution in [0.25, 0.3) is 0 Å². The van der Waals surface area contributed by atoms with Crippen molar-refractivity contribution in [2.75, 3.05) is 0 Å². The summed E-state index contributed by atoms with van der Waals surface area (Å²) >= 11 is 0. The maximum atomic E-state index is 12.5. The fourth-order valence-electron chi connectivity index (χ4n) is 3.31. The maximum Gasteiger partial charge on any atom is 0.268 e. The number of hydrogen-bond acceptors (Lipinski definition) is 4. The highest BCUT2D eigenvalue weighted by molar-refractivity contribution is 7.90. The molecule has 3 rings (SSSR count). The van der Waals surface area contributed by atoms with Gasteiger partial charge >= 0.3 is 0 Å². The predicted molar refractivity (Wildman–Crippen MR) is 87.7 cm³/mol. The number of sulfonamides is 1. The molecule has 0 spiro atoms. The molecular formula is C16H25N3O3S. The van der Waals surface area contributed by atoms with Crippen LogP contribution in [0.5, 0.6) is 0 Å². The van der Waals surface area contributed by atoms with Crippen LogP contribution < -0.4 is 4.72 Å². The van der Waals surface area contributed by atoms with E-state index >= 15 is 0 Å². The second-order valence-corrected chi connectivity index (χ2v) is 9.14. The standard InChI is InChI=1S/C16H25N3O3S/c1-11(2)10-19-15(12-7-8-12)14(9-17-19)16(20)18-23(21,22)13-5-3-4-6-13/h9,11-13H,3-8,10H2,1-2H3,(H,18,20). The molecule has 23 heavy (non-hydrogen) atoms. The monoisotopic (exact) mass is 339 g/mol. The molecule has 0 radical (unpaired) electrons. The molecular weight excluding hydrogens is 314 g/mol. The molecule has 2 aliphatic rings. The molecule has 2 fully saturated rings. The molecule has 0 bridgehead atoms. The molecule has 1 amide bonds. The van der Waals surface area contributed by atoms with Crippen molar-refractivity contribution in [1.82, 2.24) is 14.5 Å². The lowest BCUT2D eigenvalue weighted by Crippen LogP contribution is -2.37. The number of hydrogen-bond donors (Lipinski definition) is 1. The number of nitrogens with zero attached hydrogens (tertiary/aromatic N) is 2. The number of nitrogens with one attached hydrogen (secondary N) is 1. The van der Waals surface area contributed by atoms with Gasteiger partial charge < -0.3 is 0 Å². The molecule has 7 heteroatoms. The molecule has 2 aliphatic carbocycles. The summed E-state index contributed by atoms with van der Waals surface area (Å²) in [5, 5.41) is 3.90. The van der Waals surface area contributed by atoms with Crippen LogP contribution in [0, 0.1) is 5.92 Å². The largest absolute Gasteiger partial charge is 0.268 e. The van der Waals surface area contributed by atoms with Crippen molar-refractivity contribution in [3.8, 4) is 0 Å². The van der Waals surface area contributed by atoms with E-state index in [0.717, 1.165) is 37.9 Å². The Kier molecular flexibility index (Phi) is 4.49. The van der Waals surface area contributed by atoms with Gasteiger partial charge in [-0.1, -0.05) is 26.7 Å². The van der Waals surface area contributed by atoms with Gasteiger partial charge in [-0.25, -0.2) is 13.1 Å². The first-order chi connectivity index (χ1) is 10.9. The molecule has 2 saturated carbocycles. The minimum Gasteiger partial charge on any atom is -0.268 e. The average molecular weight is 339 g/mol. The second kappa shape index (κ2) is 6.26.